The van der Waals surface area contributed by atoms with Crippen molar-refractivity contribution < 1.29 is 9.84 Å². The number of hydrogen-bond acceptors (Lipinski definition) is 4. The maximum absolute atomic E-state index is 9.66. The minimum atomic E-state index is -0.368. The highest BCUT2D eigenvalue weighted by Gasteiger charge is 2.08. The quantitative estimate of drug-likeness (QED) is 0.666. The largest absolute Gasteiger partial charge is 0.497 e. The number of nitrogen functional groups attached to an aromatic ring is 1. The third kappa shape index (κ3) is 3.62. The molecule has 0 radical (unpaired) electrons. The van der Waals surface area contributed by atoms with Crippen molar-refractivity contribution in [2.24, 2.45) is 5.92 Å². The summed E-state index contributed by atoms with van der Waals surface area (Å²) < 4.78 is 5.11. The van der Waals surface area contributed by atoms with E-state index in [9.17, 15) is 5.11 Å². The van der Waals surface area contributed by atoms with E-state index < -0.39 is 0 Å². The van der Waals surface area contributed by atoms with E-state index in [0.717, 1.165) is 5.69 Å². The van der Waals surface area contributed by atoms with Crippen molar-refractivity contribution in [2.75, 3.05) is 24.7 Å². The van der Waals surface area contributed by atoms with Crippen LogP contribution in [-0.4, -0.2) is 24.9 Å². The van der Waals surface area contributed by atoms with E-state index in [1.165, 1.54) is 0 Å². The van der Waals surface area contributed by atoms with Gasteiger partial charge in [-0.3, -0.25) is 0 Å². The van der Waals surface area contributed by atoms with Crippen molar-refractivity contribution in [3.8, 4) is 5.75 Å². The zero-order chi connectivity index (χ0) is 12.1. The van der Waals surface area contributed by atoms with E-state index >= 15 is 0 Å². The third-order valence-electron chi connectivity index (χ3n) is 2.45. The number of hydrogen-bond donors (Lipinski definition) is 3. The lowest BCUT2D eigenvalue weighted by Gasteiger charge is -2.16. The van der Waals surface area contributed by atoms with E-state index in [4.69, 9.17) is 10.5 Å². The smallest absolute Gasteiger partial charge is 0.122 e. The maximum Gasteiger partial charge on any atom is 0.122 e. The Morgan fingerprint density at radius 3 is 2.62 bits per heavy atom. The van der Waals surface area contributed by atoms with Gasteiger partial charge in [0.05, 0.1) is 13.2 Å². The van der Waals surface area contributed by atoms with Gasteiger partial charge < -0.3 is 20.9 Å². The SMILES string of the molecule is COc1cc(N)cc(NCC(O)C(C)C)c1. The summed E-state index contributed by atoms with van der Waals surface area (Å²) in [6.07, 6.45) is -0.368. The Morgan fingerprint density at radius 2 is 2.06 bits per heavy atom. The molecule has 0 aliphatic rings. The van der Waals surface area contributed by atoms with Crippen LogP contribution in [0, 0.1) is 5.92 Å². The minimum Gasteiger partial charge on any atom is -0.497 e. The first-order valence-electron chi connectivity index (χ1n) is 5.39. The van der Waals surface area contributed by atoms with Gasteiger partial charge >= 0.3 is 0 Å². The molecule has 0 saturated carbocycles. The number of benzene rings is 1. The molecule has 0 fully saturated rings. The second kappa shape index (κ2) is 5.61. The van der Waals surface area contributed by atoms with Crippen LogP contribution in [0.4, 0.5) is 11.4 Å². The van der Waals surface area contributed by atoms with Gasteiger partial charge in [-0.1, -0.05) is 13.8 Å². The highest BCUT2D eigenvalue weighted by atomic mass is 16.5. The van der Waals surface area contributed by atoms with Gasteiger partial charge in [-0.2, -0.15) is 0 Å². The summed E-state index contributed by atoms with van der Waals surface area (Å²) in [6, 6.07) is 5.42. The van der Waals surface area contributed by atoms with E-state index in [-0.39, 0.29) is 12.0 Å². The average Bonchev–Trinajstić information content (AvgIpc) is 2.24. The molecule has 0 aliphatic heterocycles. The number of nitrogens with two attached hydrogens (primary N) is 1. The zero-order valence-corrected chi connectivity index (χ0v) is 10.0. The Morgan fingerprint density at radius 1 is 1.38 bits per heavy atom. The predicted molar refractivity (Wildman–Crippen MR) is 66.7 cm³/mol. The van der Waals surface area contributed by atoms with Crippen LogP contribution in [0.2, 0.25) is 0 Å². The van der Waals surface area contributed by atoms with E-state index in [1.807, 2.05) is 26.0 Å². The van der Waals surface area contributed by atoms with Crippen LogP contribution in [0.25, 0.3) is 0 Å². The molecule has 1 aromatic carbocycles. The predicted octanol–water partition coefficient (Wildman–Crippen LogP) is 1.71. The summed E-state index contributed by atoms with van der Waals surface area (Å²) >= 11 is 0. The number of nitrogens with one attached hydrogen (secondary N) is 1. The lowest BCUT2D eigenvalue weighted by molar-refractivity contribution is 0.138. The zero-order valence-electron chi connectivity index (χ0n) is 10.0. The van der Waals surface area contributed by atoms with E-state index in [2.05, 4.69) is 5.32 Å². The van der Waals surface area contributed by atoms with Crippen LogP contribution in [0.5, 0.6) is 5.75 Å². The van der Waals surface area contributed by atoms with Crippen LogP contribution in [0.1, 0.15) is 13.8 Å². The molecular weight excluding hydrogens is 204 g/mol. The molecule has 16 heavy (non-hydrogen) atoms. The first-order valence-corrected chi connectivity index (χ1v) is 5.39. The summed E-state index contributed by atoms with van der Waals surface area (Å²) in [5, 5.41) is 12.8. The Labute approximate surface area is 96.4 Å². The Hall–Kier alpha value is -1.42. The minimum absolute atomic E-state index is 0.232. The Bertz CT molecular complexity index is 340. The van der Waals surface area contributed by atoms with Crippen molar-refractivity contribution in [3.63, 3.8) is 0 Å². The number of aliphatic hydroxyl groups is 1. The standard InChI is InChI=1S/C12H20N2O2/c1-8(2)12(15)7-14-10-4-9(13)5-11(6-10)16-3/h4-6,8,12,14-15H,7,13H2,1-3H3. The van der Waals surface area contributed by atoms with Crippen molar-refractivity contribution >= 4 is 11.4 Å². The second-order valence-electron chi connectivity index (χ2n) is 4.19. The molecule has 0 amide bonds. The van der Waals surface area contributed by atoms with Gasteiger partial charge in [0.15, 0.2) is 0 Å². The molecule has 0 aromatic heterocycles. The fourth-order valence-corrected chi connectivity index (χ4v) is 1.30. The maximum atomic E-state index is 9.66. The second-order valence-corrected chi connectivity index (χ2v) is 4.19. The lowest BCUT2D eigenvalue weighted by Crippen LogP contribution is -2.24. The number of anilines is 2. The fourth-order valence-electron chi connectivity index (χ4n) is 1.30. The molecule has 0 heterocycles. The summed E-state index contributed by atoms with van der Waals surface area (Å²) in [4.78, 5) is 0. The van der Waals surface area contributed by atoms with Gasteiger partial charge in [-0.05, 0) is 12.0 Å². The number of rotatable bonds is 5. The van der Waals surface area contributed by atoms with Crippen LogP contribution >= 0.6 is 0 Å². The van der Waals surface area contributed by atoms with Gasteiger partial charge in [0.1, 0.15) is 5.75 Å². The van der Waals surface area contributed by atoms with Gasteiger partial charge in [-0.25, -0.2) is 0 Å². The van der Waals surface area contributed by atoms with Crippen LogP contribution in [-0.2, 0) is 0 Å². The third-order valence-corrected chi connectivity index (χ3v) is 2.45. The van der Waals surface area contributed by atoms with Gasteiger partial charge in [0.25, 0.3) is 0 Å². The molecule has 90 valence electrons. The highest BCUT2D eigenvalue weighted by Crippen LogP contribution is 2.22. The molecule has 0 bridgehead atoms. The van der Waals surface area contributed by atoms with Crippen LogP contribution < -0.4 is 15.8 Å². The fraction of sp³-hybridized carbons (Fsp3) is 0.500. The molecular formula is C12H20N2O2. The Balaban J connectivity index is 2.63. The first kappa shape index (κ1) is 12.6. The lowest BCUT2D eigenvalue weighted by atomic mass is 10.1. The topological polar surface area (TPSA) is 67.5 Å². The molecule has 1 unspecified atom stereocenters. The van der Waals surface area contributed by atoms with E-state index in [1.54, 1.807) is 13.2 Å². The van der Waals surface area contributed by atoms with Crippen molar-refractivity contribution in [1.82, 2.24) is 0 Å². The molecule has 0 aliphatic carbocycles. The molecule has 0 saturated heterocycles. The molecule has 4 heteroatoms. The van der Waals surface area contributed by atoms with Crippen molar-refractivity contribution in [2.45, 2.75) is 20.0 Å². The summed E-state index contributed by atoms with van der Waals surface area (Å²) in [6.45, 7) is 4.46. The normalized spacial score (nSPS) is 12.6. The van der Waals surface area contributed by atoms with Gasteiger partial charge in [0, 0.05) is 30.1 Å². The molecule has 4 nitrogen and oxygen atoms in total. The summed E-state index contributed by atoms with van der Waals surface area (Å²) in [5.74, 6) is 0.942. The number of ether oxygens (including phenoxy) is 1. The summed E-state index contributed by atoms with van der Waals surface area (Å²) in [7, 11) is 1.60. The van der Waals surface area contributed by atoms with Crippen molar-refractivity contribution in [1.29, 1.82) is 0 Å². The first-order chi connectivity index (χ1) is 7.52. The van der Waals surface area contributed by atoms with Gasteiger partial charge in [-0.15, -0.1) is 0 Å². The molecule has 1 atom stereocenters. The molecule has 1 aromatic rings. The van der Waals surface area contributed by atoms with Crippen molar-refractivity contribution in [3.05, 3.63) is 18.2 Å². The van der Waals surface area contributed by atoms with E-state index in [0.29, 0.717) is 18.0 Å². The summed E-state index contributed by atoms with van der Waals surface area (Å²) in [5.41, 5.74) is 7.22. The van der Waals surface area contributed by atoms with Crippen LogP contribution in [0.15, 0.2) is 18.2 Å². The van der Waals surface area contributed by atoms with Crippen LogP contribution in [0.3, 0.4) is 0 Å². The number of methoxy groups -OCH3 is 1. The molecule has 1 rings (SSSR count). The highest BCUT2D eigenvalue weighted by molar-refractivity contribution is 5.59. The molecule has 4 N–H and O–H groups in total. The monoisotopic (exact) mass is 224 g/mol. The Kier molecular flexibility index (Phi) is 4.43. The van der Waals surface area contributed by atoms with Gasteiger partial charge in [0.2, 0.25) is 0 Å². The average molecular weight is 224 g/mol. The number of aliphatic hydroxyl groups excluding tert-OH is 1. The molecule has 0 spiro atoms.